The molecule has 1 aliphatic rings. The van der Waals surface area contributed by atoms with E-state index in [9.17, 15) is 9.90 Å². The van der Waals surface area contributed by atoms with Crippen molar-refractivity contribution in [3.63, 3.8) is 0 Å². The first-order chi connectivity index (χ1) is 10.2. The second-order valence-electron chi connectivity index (χ2n) is 4.72. The molecule has 0 spiro atoms. The van der Waals surface area contributed by atoms with Gasteiger partial charge in [0.05, 0.1) is 31.2 Å². The number of benzene rings is 1. The molecule has 1 aromatic carbocycles. The van der Waals surface area contributed by atoms with Crippen LogP contribution in [0.5, 0.6) is 5.75 Å². The summed E-state index contributed by atoms with van der Waals surface area (Å²) < 4.78 is 12.5. The first-order valence-corrected chi connectivity index (χ1v) is 6.85. The second-order valence-corrected chi connectivity index (χ2v) is 4.72. The third-order valence-electron chi connectivity index (χ3n) is 3.41. The minimum absolute atomic E-state index is 0.0681. The summed E-state index contributed by atoms with van der Waals surface area (Å²) in [7, 11) is 0. The van der Waals surface area contributed by atoms with Gasteiger partial charge < -0.3 is 14.6 Å². The van der Waals surface area contributed by atoms with Gasteiger partial charge in [-0.05, 0) is 31.2 Å². The molecule has 0 bridgehead atoms. The number of carbonyl (C=O) groups is 1. The van der Waals surface area contributed by atoms with Crippen molar-refractivity contribution in [1.29, 1.82) is 0 Å². The van der Waals surface area contributed by atoms with E-state index in [-0.39, 0.29) is 5.69 Å². The Morgan fingerprint density at radius 2 is 2.19 bits per heavy atom. The van der Waals surface area contributed by atoms with Gasteiger partial charge in [0.15, 0.2) is 5.69 Å². The first-order valence-electron chi connectivity index (χ1n) is 6.85. The van der Waals surface area contributed by atoms with Crippen molar-refractivity contribution in [2.24, 2.45) is 0 Å². The molecule has 0 saturated heterocycles. The van der Waals surface area contributed by atoms with Crippen molar-refractivity contribution in [2.75, 3.05) is 13.2 Å². The molecule has 0 amide bonds. The number of aromatic nitrogens is 2. The van der Waals surface area contributed by atoms with Crippen molar-refractivity contribution in [1.82, 2.24) is 9.78 Å². The van der Waals surface area contributed by atoms with Crippen LogP contribution in [0.15, 0.2) is 24.3 Å². The largest absolute Gasteiger partial charge is 0.494 e. The van der Waals surface area contributed by atoms with E-state index in [2.05, 4.69) is 5.10 Å². The van der Waals surface area contributed by atoms with Crippen LogP contribution in [0.3, 0.4) is 0 Å². The molecule has 0 radical (unpaired) electrons. The highest BCUT2D eigenvalue weighted by Crippen LogP contribution is 2.25. The van der Waals surface area contributed by atoms with E-state index >= 15 is 0 Å². The van der Waals surface area contributed by atoms with Crippen LogP contribution in [0.4, 0.5) is 0 Å². The standard InChI is InChI=1S/C15H16N2O4/c1-2-21-11-5-3-10(4-6-11)17-13-7-8-20-9-12(13)14(16-17)15(18)19/h3-6H,2,7-9H2,1H3,(H,18,19). The van der Waals surface area contributed by atoms with Crippen LogP contribution >= 0.6 is 0 Å². The first kappa shape index (κ1) is 13.6. The number of hydrogen-bond acceptors (Lipinski definition) is 4. The number of carboxylic acids is 1. The van der Waals surface area contributed by atoms with Gasteiger partial charge in [0.1, 0.15) is 5.75 Å². The molecule has 0 unspecified atom stereocenters. The number of fused-ring (bicyclic) bond motifs is 1. The average molecular weight is 288 g/mol. The van der Waals surface area contributed by atoms with E-state index in [4.69, 9.17) is 9.47 Å². The highest BCUT2D eigenvalue weighted by Gasteiger charge is 2.25. The van der Waals surface area contributed by atoms with Gasteiger partial charge in [-0.15, -0.1) is 0 Å². The van der Waals surface area contributed by atoms with Gasteiger partial charge in [0.25, 0.3) is 0 Å². The van der Waals surface area contributed by atoms with Crippen LogP contribution in [0, 0.1) is 0 Å². The Morgan fingerprint density at radius 3 is 2.86 bits per heavy atom. The Morgan fingerprint density at radius 1 is 1.43 bits per heavy atom. The number of ether oxygens (including phenoxy) is 2. The quantitative estimate of drug-likeness (QED) is 0.932. The van der Waals surface area contributed by atoms with Crippen molar-refractivity contribution in [3.05, 3.63) is 41.2 Å². The Hall–Kier alpha value is -2.34. The number of aromatic carboxylic acids is 1. The van der Waals surface area contributed by atoms with Gasteiger partial charge in [-0.1, -0.05) is 0 Å². The fraction of sp³-hybridized carbons (Fsp3) is 0.333. The SMILES string of the molecule is CCOc1ccc(-n2nc(C(=O)O)c3c2CCOC3)cc1. The second kappa shape index (κ2) is 5.57. The molecule has 0 fully saturated rings. The predicted molar refractivity (Wildman–Crippen MR) is 75.1 cm³/mol. The van der Waals surface area contributed by atoms with E-state index in [1.54, 1.807) is 4.68 Å². The Kier molecular flexibility index (Phi) is 3.62. The highest BCUT2D eigenvalue weighted by atomic mass is 16.5. The van der Waals surface area contributed by atoms with Crippen LogP contribution < -0.4 is 4.74 Å². The zero-order valence-corrected chi connectivity index (χ0v) is 11.7. The van der Waals surface area contributed by atoms with E-state index < -0.39 is 5.97 Å². The Labute approximate surface area is 121 Å². The molecule has 0 aliphatic carbocycles. The van der Waals surface area contributed by atoms with Crippen LogP contribution in [0.1, 0.15) is 28.7 Å². The summed E-state index contributed by atoms with van der Waals surface area (Å²) in [5.41, 5.74) is 2.47. The van der Waals surface area contributed by atoms with E-state index in [1.807, 2.05) is 31.2 Å². The maximum absolute atomic E-state index is 11.3. The Balaban J connectivity index is 2.03. The van der Waals surface area contributed by atoms with Gasteiger partial charge in [0, 0.05) is 12.0 Å². The lowest BCUT2D eigenvalue weighted by Crippen LogP contribution is -2.13. The van der Waals surface area contributed by atoms with Crippen molar-refractivity contribution in [3.8, 4) is 11.4 Å². The lowest BCUT2D eigenvalue weighted by Gasteiger charge is -2.15. The van der Waals surface area contributed by atoms with E-state index in [0.717, 1.165) is 17.1 Å². The molecule has 0 atom stereocenters. The zero-order valence-electron chi connectivity index (χ0n) is 11.7. The molecule has 1 aliphatic heterocycles. The molecular weight excluding hydrogens is 272 g/mol. The smallest absolute Gasteiger partial charge is 0.356 e. The summed E-state index contributed by atoms with van der Waals surface area (Å²) in [6, 6.07) is 7.46. The van der Waals surface area contributed by atoms with Crippen molar-refractivity contribution in [2.45, 2.75) is 20.0 Å². The molecular formula is C15H16N2O4. The molecule has 2 heterocycles. The average Bonchev–Trinajstić information content (AvgIpc) is 2.88. The van der Waals surface area contributed by atoms with Crippen molar-refractivity contribution < 1.29 is 19.4 Å². The summed E-state index contributed by atoms with van der Waals surface area (Å²) in [6.07, 6.45) is 0.656. The third kappa shape index (κ3) is 2.50. The topological polar surface area (TPSA) is 73.6 Å². The number of nitrogens with zero attached hydrogens (tertiary/aromatic N) is 2. The molecule has 6 nitrogen and oxygen atoms in total. The summed E-state index contributed by atoms with van der Waals surface area (Å²) in [5.74, 6) is -0.245. The maximum Gasteiger partial charge on any atom is 0.356 e. The van der Waals surface area contributed by atoms with Gasteiger partial charge >= 0.3 is 5.97 Å². The molecule has 2 aromatic rings. The fourth-order valence-electron chi connectivity index (χ4n) is 2.47. The van der Waals surface area contributed by atoms with Gasteiger partial charge in [-0.2, -0.15) is 5.10 Å². The van der Waals surface area contributed by atoms with E-state index in [0.29, 0.717) is 31.8 Å². The lowest BCUT2D eigenvalue weighted by molar-refractivity contribution is 0.0677. The summed E-state index contributed by atoms with van der Waals surface area (Å²) in [5, 5.41) is 13.5. The number of hydrogen-bond donors (Lipinski definition) is 1. The summed E-state index contributed by atoms with van der Waals surface area (Å²) >= 11 is 0. The van der Waals surface area contributed by atoms with Crippen LogP contribution in [0.25, 0.3) is 5.69 Å². The van der Waals surface area contributed by atoms with Crippen LogP contribution in [-0.4, -0.2) is 34.1 Å². The third-order valence-corrected chi connectivity index (χ3v) is 3.41. The van der Waals surface area contributed by atoms with E-state index in [1.165, 1.54) is 0 Å². The minimum atomic E-state index is -1.03. The van der Waals surface area contributed by atoms with Crippen molar-refractivity contribution >= 4 is 5.97 Å². The fourth-order valence-corrected chi connectivity index (χ4v) is 2.47. The monoisotopic (exact) mass is 288 g/mol. The normalized spacial score (nSPS) is 13.8. The zero-order chi connectivity index (χ0) is 14.8. The Bertz CT molecular complexity index is 661. The van der Waals surface area contributed by atoms with Crippen LogP contribution in [-0.2, 0) is 17.8 Å². The van der Waals surface area contributed by atoms with Gasteiger partial charge in [-0.25, -0.2) is 9.48 Å². The van der Waals surface area contributed by atoms with Gasteiger partial charge in [-0.3, -0.25) is 0 Å². The number of rotatable bonds is 4. The molecule has 3 rings (SSSR count). The summed E-state index contributed by atoms with van der Waals surface area (Å²) in [6.45, 7) is 3.41. The minimum Gasteiger partial charge on any atom is -0.494 e. The number of carboxylic acid groups (broad SMARTS) is 1. The van der Waals surface area contributed by atoms with Crippen LogP contribution in [0.2, 0.25) is 0 Å². The molecule has 6 heteroatoms. The van der Waals surface area contributed by atoms with Gasteiger partial charge in [0.2, 0.25) is 0 Å². The summed E-state index contributed by atoms with van der Waals surface area (Å²) in [4.78, 5) is 11.3. The molecule has 1 N–H and O–H groups in total. The highest BCUT2D eigenvalue weighted by molar-refractivity contribution is 5.87. The maximum atomic E-state index is 11.3. The molecule has 21 heavy (non-hydrogen) atoms. The molecule has 0 saturated carbocycles. The predicted octanol–water partition coefficient (Wildman–Crippen LogP) is 2.04. The lowest BCUT2D eigenvalue weighted by atomic mass is 10.1. The molecule has 110 valence electrons. The molecule has 1 aromatic heterocycles.